The molecule has 0 spiro atoms. The van der Waals surface area contributed by atoms with E-state index in [4.69, 9.17) is 9.47 Å². The molecular weight excluding hydrogens is 389 g/mol. The Labute approximate surface area is 179 Å². The molecule has 0 saturated carbocycles. The molecule has 1 saturated heterocycles. The van der Waals surface area contributed by atoms with E-state index >= 15 is 0 Å². The van der Waals surface area contributed by atoms with Crippen molar-refractivity contribution >= 4 is 13.5 Å². The molecule has 2 aliphatic heterocycles. The monoisotopic (exact) mass is 419 g/mol. The third-order valence-electron chi connectivity index (χ3n) is 5.69. The summed E-state index contributed by atoms with van der Waals surface area (Å²) in [5.74, 6) is 1.67. The van der Waals surface area contributed by atoms with E-state index in [2.05, 4.69) is 14.9 Å². The first kappa shape index (κ1) is 21.8. The fourth-order valence-electron chi connectivity index (χ4n) is 4.23. The van der Waals surface area contributed by atoms with Gasteiger partial charge in [-0.3, -0.25) is 9.88 Å². The third-order valence-corrected chi connectivity index (χ3v) is 5.69. The van der Waals surface area contributed by atoms with Gasteiger partial charge >= 0.3 is 0 Å². The van der Waals surface area contributed by atoms with Gasteiger partial charge in [-0.1, -0.05) is 0 Å². The predicted molar refractivity (Wildman–Crippen MR) is 116 cm³/mol. The van der Waals surface area contributed by atoms with Gasteiger partial charge in [0.25, 0.3) is 0 Å². The Balaban J connectivity index is 0.00000240. The summed E-state index contributed by atoms with van der Waals surface area (Å²) >= 11 is 0. The van der Waals surface area contributed by atoms with Crippen molar-refractivity contribution in [1.29, 1.82) is 0 Å². The summed E-state index contributed by atoms with van der Waals surface area (Å²) in [6.07, 6.45) is 2.94. The van der Waals surface area contributed by atoms with Crippen LogP contribution < -0.4 is 9.47 Å². The number of hydrogen-bond donors (Lipinski definition) is 0. The molecule has 2 aliphatic rings. The van der Waals surface area contributed by atoms with Crippen LogP contribution in [-0.2, 0) is 6.42 Å². The number of ether oxygens (including phenoxy) is 2. The lowest BCUT2D eigenvalue weighted by Crippen LogP contribution is -2.39. The summed E-state index contributed by atoms with van der Waals surface area (Å²) in [7, 11) is 0. The quantitative estimate of drug-likeness (QED) is 0.729. The largest absolute Gasteiger partial charge is 0.493 e. The minimum Gasteiger partial charge on any atom is -0.493 e. The van der Waals surface area contributed by atoms with Crippen molar-refractivity contribution in [2.24, 2.45) is 5.92 Å². The first-order chi connectivity index (χ1) is 13.5. The molecule has 0 aromatic carbocycles. The van der Waals surface area contributed by atoms with Gasteiger partial charge in [-0.05, 0) is 46.2 Å². The van der Waals surface area contributed by atoms with Crippen LogP contribution in [0.1, 0.15) is 48.5 Å². The van der Waals surface area contributed by atoms with Gasteiger partial charge in [-0.15, -0.1) is 0 Å². The number of pyridine rings is 2. The number of halogens is 1. The Morgan fingerprint density at radius 1 is 1.24 bits per heavy atom. The van der Waals surface area contributed by atoms with Crippen molar-refractivity contribution in [3.05, 3.63) is 46.7 Å². The predicted octanol–water partition coefficient (Wildman–Crippen LogP) is 4.13. The molecule has 2 aromatic rings. The lowest BCUT2D eigenvalue weighted by molar-refractivity contribution is 0.0974. The maximum absolute atomic E-state index is 14.6. The second-order valence-corrected chi connectivity index (χ2v) is 7.99. The number of aromatic nitrogens is 2. The molecule has 0 N–H and O–H groups in total. The smallest absolute Gasteiger partial charge is 0.217 e. The zero-order valence-electron chi connectivity index (χ0n) is 17.4. The van der Waals surface area contributed by atoms with Crippen molar-refractivity contribution in [3.63, 3.8) is 0 Å². The summed E-state index contributed by atoms with van der Waals surface area (Å²) in [5, 5.41) is 0. The van der Waals surface area contributed by atoms with Crippen LogP contribution in [0.5, 0.6) is 11.6 Å². The highest BCUT2D eigenvalue weighted by molar-refractivity contribution is 7.59. The molecule has 5 nitrogen and oxygen atoms in total. The summed E-state index contributed by atoms with van der Waals surface area (Å²) in [4.78, 5) is 11.2. The number of likely N-dealkylation sites (tertiary alicyclic amines) is 1. The van der Waals surface area contributed by atoms with E-state index in [1.54, 1.807) is 6.07 Å². The molecule has 158 valence electrons. The van der Waals surface area contributed by atoms with Crippen molar-refractivity contribution in [3.8, 4) is 11.6 Å². The molecule has 0 radical (unpaired) electrons. The van der Waals surface area contributed by atoms with Gasteiger partial charge in [0.1, 0.15) is 11.6 Å². The fraction of sp³-hybridized carbons (Fsp3) is 0.545. The van der Waals surface area contributed by atoms with Crippen LogP contribution in [0.25, 0.3) is 0 Å². The van der Waals surface area contributed by atoms with Crippen molar-refractivity contribution in [2.75, 3.05) is 26.3 Å². The Morgan fingerprint density at radius 2 is 2.00 bits per heavy atom. The maximum atomic E-state index is 14.6. The first-order valence-corrected chi connectivity index (χ1v) is 10.1. The van der Waals surface area contributed by atoms with Gasteiger partial charge in [0.05, 0.1) is 24.9 Å². The van der Waals surface area contributed by atoms with Crippen LogP contribution in [0.3, 0.4) is 0 Å². The summed E-state index contributed by atoms with van der Waals surface area (Å²) in [5.41, 5.74) is 3.30. The zero-order valence-corrected chi connectivity index (χ0v) is 18.4. The molecule has 0 amide bonds. The number of hydrogen-bond acceptors (Lipinski definition) is 5. The molecule has 4 rings (SSSR count). The lowest BCUT2D eigenvalue weighted by atomic mass is 9.96. The van der Waals surface area contributed by atoms with E-state index in [0.29, 0.717) is 30.7 Å². The summed E-state index contributed by atoms with van der Waals surface area (Å²) < 4.78 is 26.2. The van der Waals surface area contributed by atoms with E-state index < -0.39 is 0 Å². The van der Waals surface area contributed by atoms with Gasteiger partial charge < -0.3 is 9.47 Å². The van der Waals surface area contributed by atoms with Crippen LogP contribution in [0.4, 0.5) is 4.39 Å². The first-order valence-electron chi connectivity index (χ1n) is 10.1. The molecule has 7 heteroatoms. The molecule has 0 bridgehead atoms. The van der Waals surface area contributed by atoms with Gasteiger partial charge in [0, 0.05) is 48.0 Å². The minimum atomic E-state index is -0.224. The van der Waals surface area contributed by atoms with E-state index in [1.807, 2.05) is 32.9 Å². The lowest BCUT2D eigenvalue weighted by Gasteiger charge is -2.36. The second-order valence-electron chi connectivity index (χ2n) is 7.99. The zero-order chi connectivity index (χ0) is 19.7. The van der Waals surface area contributed by atoms with Gasteiger partial charge in [-0.2, -0.15) is 13.5 Å². The van der Waals surface area contributed by atoms with Crippen LogP contribution in [0.2, 0.25) is 0 Å². The highest BCUT2D eigenvalue weighted by Gasteiger charge is 2.29. The second kappa shape index (κ2) is 9.30. The van der Waals surface area contributed by atoms with Crippen LogP contribution in [0, 0.1) is 25.6 Å². The SMILES string of the molecule is Cc1cc(OC[C@H]2CCCN(C(C)c3nc4c(cc3F)CCO4)C2)cc(C)n1.S. The number of piperidine rings is 1. The van der Waals surface area contributed by atoms with Gasteiger partial charge in [-0.25, -0.2) is 9.37 Å². The third kappa shape index (κ3) is 5.01. The number of nitrogens with zero attached hydrogens (tertiary/aromatic N) is 3. The van der Waals surface area contributed by atoms with Crippen molar-refractivity contribution in [2.45, 2.75) is 46.1 Å². The molecule has 1 unspecified atom stereocenters. The number of aryl methyl sites for hydroxylation is 2. The Kier molecular flexibility index (Phi) is 7.01. The summed E-state index contributed by atoms with van der Waals surface area (Å²) in [6, 6.07) is 5.46. The molecule has 29 heavy (non-hydrogen) atoms. The van der Waals surface area contributed by atoms with Crippen molar-refractivity contribution in [1.82, 2.24) is 14.9 Å². The molecule has 2 aromatic heterocycles. The van der Waals surface area contributed by atoms with Crippen LogP contribution in [-0.4, -0.2) is 41.2 Å². The molecule has 0 aliphatic carbocycles. The van der Waals surface area contributed by atoms with E-state index in [-0.39, 0.29) is 25.4 Å². The fourth-order valence-corrected chi connectivity index (χ4v) is 4.23. The maximum Gasteiger partial charge on any atom is 0.217 e. The average molecular weight is 420 g/mol. The number of rotatable bonds is 5. The van der Waals surface area contributed by atoms with E-state index in [0.717, 1.165) is 55.1 Å². The number of fused-ring (bicyclic) bond motifs is 1. The normalized spacial score (nSPS) is 19.8. The molecule has 2 atom stereocenters. The van der Waals surface area contributed by atoms with E-state index in [1.165, 1.54) is 0 Å². The topological polar surface area (TPSA) is 47.5 Å². The molecular formula is C22H30FN3O2S. The van der Waals surface area contributed by atoms with E-state index in [9.17, 15) is 4.39 Å². The van der Waals surface area contributed by atoms with Crippen molar-refractivity contribution < 1.29 is 13.9 Å². The Hall–Kier alpha value is -1.86. The van der Waals surface area contributed by atoms with Crippen LogP contribution in [0.15, 0.2) is 18.2 Å². The Morgan fingerprint density at radius 3 is 2.76 bits per heavy atom. The van der Waals surface area contributed by atoms with Gasteiger partial charge in [0.15, 0.2) is 0 Å². The molecule has 4 heterocycles. The molecule has 1 fully saturated rings. The summed E-state index contributed by atoms with van der Waals surface area (Å²) in [6.45, 7) is 9.07. The highest BCUT2D eigenvalue weighted by Crippen LogP contribution is 2.32. The highest BCUT2D eigenvalue weighted by atomic mass is 32.1. The van der Waals surface area contributed by atoms with Crippen LogP contribution >= 0.6 is 13.5 Å². The minimum absolute atomic E-state index is 0. The van der Waals surface area contributed by atoms with Gasteiger partial charge in [0.2, 0.25) is 5.88 Å². The standard InChI is InChI=1S/C22H28FN3O2.H2S/c1-14-9-19(10-15(2)24-14)28-13-17-5-4-7-26(12-17)16(3)21-20(23)11-18-6-8-27-22(18)25-21;/h9-11,16-17H,4-8,12-13H2,1-3H3;1H2/t16?,17-;/m0./s1. The average Bonchev–Trinajstić information content (AvgIpc) is 3.12. The Bertz CT molecular complexity index is 844.